The van der Waals surface area contributed by atoms with Crippen LogP contribution in [0.2, 0.25) is 0 Å². The molecule has 1 saturated carbocycles. The van der Waals surface area contributed by atoms with Crippen LogP contribution in [0.3, 0.4) is 0 Å². The quantitative estimate of drug-likeness (QED) is 0.354. The van der Waals surface area contributed by atoms with Crippen molar-refractivity contribution in [3.8, 4) is 23.1 Å². The Kier molecular flexibility index (Phi) is 4.83. The van der Waals surface area contributed by atoms with Crippen molar-refractivity contribution in [2.45, 2.75) is 51.4 Å². The molecule has 0 aliphatic heterocycles. The van der Waals surface area contributed by atoms with Crippen LogP contribution in [0, 0.1) is 17.8 Å². The Hall–Kier alpha value is -2.46. The summed E-state index contributed by atoms with van der Waals surface area (Å²) in [5.41, 5.74) is 5.26. The average molecular weight is 356 g/mol. The number of nitrogens with zero attached hydrogens (tertiary/aromatic N) is 1. The van der Waals surface area contributed by atoms with Crippen molar-refractivity contribution >= 4 is 10.9 Å². The van der Waals surface area contributed by atoms with Crippen molar-refractivity contribution in [3.63, 3.8) is 0 Å². The molecule has 1 nitrogen and oxygen atoms in total. The highest BCUT2D eigenvalue weighted by atomic mass is 15.0. The fourth-order valence-electron chi connectivity index (χ4n) is 4.39. The van der Waals surface area contributed by atoms with Crippen LogP contribution in [0.25, 0.3) is 22.2 Å². The molecule has 1 heteroatoms. The molecule has 1 atom stereocenters. The molecule has 0 N–H and O–H groups in total. The molecule has 0 amide bonds. The maximum absolute atomic E-state index is 3.76. The Morgan fingerprint density at radius 1 is 1.04 bits per heavy atom. The summed E-state index contributed by atoms with van der Waals surface area (Å²) in [5, 5.41) is 1.36. The zero-order valence-electron chi connectivity index (χ0n) is 16.8. The highest BCUT2D eigenvalue weighted by Crippen LogP contribution is 2.52. The molecular formula is C26H29N. The monoisotopic (exact) mass is 355 g/mol. The minimum Gasteiger partial charge on any atom is -0.343 e. The maximum Gasteiger partial charge on any atom is 0.0590 e. The van der Waals surface area contributed by atoms with Gasteiger partial charge in [-0.3, -0.25) is 0 Å². The van der Waals surface area contributed by atoms with Crippen molar-refractivity contribution in [3.05, 3.63) is 60.2 Å². The Bertz CT molecular complexity index is 995. The van der Waals surface area contributed by atoms with Crippen LogP contribution in [0.4, 0.5) is 0 Å². The number of aromatic nitrogens is 1. The van der Waals surface area contributed by atoms with Crippen molar-refractivity contribution in [1.29, 1.82) is 0 Å². The molecule has 0 saturated heterocycles. The number of unbranched alkanes of at least 4 members (excludes halogenated alkanes) is 2. The Balaban J connectivity index is 1.97. The summed E-state index contributed by atoms with van der Waals surface area (Å²) < 4.78 is 2.37. The second kappa shape index (κ2) is 7.28. The van der Waals surface area contributed by atoms with E-state index in [1.54, 1.807) is 0 Å². The molecule has 4 rings (SSSR count). The second-order valence-electron chi connectivity index (χ2n) is 8.05. The zero-order chi connectivity index (χ0) is 18.9. The normalized spacial score (nSPS) is 16.0. The van der Waals surface area contributed by atoms with Gasteiger partial charge in [-0.15, -0.1) is 5.92 Å². The van der Waals surface area contributed by atoms with Gasteiger partial charge in [0.15, 0.2) is 0 Å². The van der Waals surface area contributed by atoms with Crippen molar-refractivity contribution < 1.29 is 0 Å². The minimum absolute atomic E-state index is 0.0836. The zero-order valence-corrected chi connectivity index (χ0v) is 16.8. The average Bonchev–Trinajstić information content (AvgIpc) is 3.51. The van der Waals surface area contributed by atoms with Gasteiger partial charge < -0.3 is 4.57 Å². The third kappa shape index (κ3) is 3.19. The molecule has 0 radical (unpaired) electrons. The summed E-state index contributed by atoms with van der Waals surface area (Å²) in [4.78, 5) is 0. The number of rotatable bonds is 5. The van der Waals surface area contributed by atoms with Crippen LogP contribution in [0.5, 0.6) is 0 Å². The predicted octanol–water partition coefficient (Wildman–Crippen LogP) is 6.71. The first kappa shape index (κ1) is 17.9. The summed E-state index contributed by atoms with van der Waals surface area (Å²) >= 11 is 0. The molecule has 0 spiro atoms. The highest BCUT2D eigenvalue weighted by Gasteiger charge is 2.45. The van der Waals surface area contributed by atoms with Gasteiger partial charge in [-0.1, -0.05) is 67.8 Å². The summed E-state index contributed by atoms with van der Waals surface area (Å²) in [5.74, 6) is 7.97. The molecule has 2 aromatic carbocycles. The molecule has 27 heavy (non-hydrogen) atoms. The fraction of sp³-hybridized carbons (Fsp3) is 0.385. The van der Waals surface area contributed by atoms with E-state index in [0.29, 0.717) is 5.92 Å². The Morgan fingerprint density at radius 3 is 2.44 bits per heavy atom. The molecule has 1 aliphatic rings. The number of benzene rings is 2. The van der Waals surface area contributed by atoms with Gasteiger partial charge in [0, 0.05) is 29.9 Å². The predicted molar refractivity (Wildman–Crippen MR) is 116 cm³/mol. The molecule has 3 aromatic rings. The van der Waals surface area contributed by atoms with Gasteiger partial charge in [0.05, 0.1) is 11.1 Å². The van der Waals surface area contributed by atoms with Crippen molar-refractivity contribution in [2.75, 3.05) is 0 Å². The number of hydrogen-bond acceptors (Lipinski definition) is 0. The first-order chi connectivity index (χ1) is 13.2. The van der Waals surface area contributed by atoms with E-state index in [1.807, 2.05) is 0 Å². The number of hydrogen-bond donors (Lipinski definition) is 0. The van der Waals surface area contributed by atoms with Gasteiger partial charge in [0.2, 0.25) is 0 Å². The van der Waals surface area contributed by atoms with E-state index < -0.39 is 0 Å². The van der Waals surface area contributed by atoms with Crippen molar-refractivity contribution in [1.82, 2.24) is 4.57 Å². The molecule has 1 aliphatic carbocycles. The lowest BCUT2D eigenvalue weighted by molar-refractivity contribution is 0.539. The van der Waals surface area contributed by atoms with Crippen LogP contribution < -0.4 is 0 Å². The minimum atomic E-state index is -0.0836. The van der Waals surface area contributed by atoms with E-state index in [1.165, 1.54) is 53.4 Å². The second-order valence-corrected chi connectivity index (χ2v) is 8.05. The Labute approximate surface area is 163 Å². The maximum atomic E-state index is 3.76. The summed E-state index contributed by atoms with van der Waals surface area (Å²) in [6, 6.07) is 19.7. The Morgan fingerprint density at radius 2 is 1.74 bits per heavy atom. The van der Waals surface area contributed by atoms with Crippen LogP contribution in [-0.2, 0) is 12.5 Å². The number of fused-ring (bicyclic) bond motifs is 1. The molecule has 1 fully saturated rings. The summed E-state index contributed by atoms with van der Waals surface area (Å²) in [7, 11) is 2.20. The van der Waals surface area contributed by atoms with E-state index in [9.17, 15) is 0 Å². The molecule has 1 unspecified atom stereocenters. The van der Waals surface area contributed by atoms with Gasteiger partial charge in [0.25, 0.3) is 0 Å². The van der Waals surface area contributed by atoms with E-state index >= 15 is 0 Å². The third-order valence-corrected chi connectivity index (χ3v) is 6.07. The lowest BCUT2D eigenvalue weighted by Gasteiger charge is -2.26. The molecule has 1 aromatic heterocycles. The lowest BCUT2D eigenvalue weighted by Crippen LogP contribution is -2.23. The summed E-state index contributed by atoms with van der Waals surface area (Å²) in [6.07, 6.45) is 5.98. The standard InChI is InChI=1S/C26H29N/c1-4-5-6-12-19-26(2,21-17-18-21)24-22-15-10-11-16-23(22)27(3)25(24)20-13-8-7-9-14-20/h7-11,13-16,21H,4-6,17-18H2,1-3H3. The third-order valence-electron chi connectivity index (χ3n) is 6.07. The number of para-hydroxylation sites is 1. The van der Waals surface area contributed by atoms with Crippen LogP contribution >= 0.6 is 0 Å². The fourth-order valence-corrected chi connectivity index (χ4v) is 4.39. The van der Waals surface area contributed by atoms with Crippen LogP contribution in [0.1, 0.15) is 51.5 Å². The largest absolute Gasteiger partial charge is 0.343 e. The van der Waals surface area contributed by atoms with Gasteiger partial charge in [-0.05, 0) is 43.7 Å². The topological polar surface area (TPSA) is 4.93 Å². The smallest absolute Gasteiger partial charge is 0.0590 e. The highest BCUT2D eigenvalue weighted by molar-refractivity contribution is 5.93. The van der Waals surface area contributed by atoms with Gasteiger partial charge in [0.1, 0.15) is 0 Å². The van der Waals surface area contributed by atoms with Crippen LogP contribution in [-0.4, -0.2) is 4.57 Å². The first-order valence-electron chi connectivity index (χ1n) is 10.3. The summed E-state index contributed by atoms with van der Waals surface area (Å²) in [6.45, 7) is 4.62. The molecule has 0 bridgehead atoms. The molecule has 138 valence electrons. The SMILES string of the molecule is CCCCC#CC(C)(c1c(-c2ccccc2)n(C)c2ccccc12)C1CC1. The van der Waals surface area contributed by atoms with E-state index in [0.717, 1.165) is 6.42 Å². The van der Waals surface area contributed by atoms with E-state index in [-0.39, 0.29) is 5.41 Å². The van der Waals surface area contributed by atoms with Crippen LogP contribution in [0.15, 0.2) is 54.6 Å². The van der Waals surface area contributed by atoms with E-state index in [2.05, 4.69) is 91.9 Å². The van der Waals surface area contributed by atoms with Crippen molar-refractivity contribution in [2.24, 2.45) is 13.0 Å². The molecular weight excluding hydrogens is 326 g/mol. The van der Waals surface area contributed by atoms with E-state index in [4.69, 9.17) is 0 Å². The number of aryl methyl sites for hydroxylation is 1. The molecule has 1 heterocycles. The van der Waals surface area contributed by atoms with Gasteiger partial charge in [-0.25, -0.2) is 0 Å². The van der Waals surface area contributed by atoms with Gasteiger partial charge in [-0.2, -0.15) is 0 Å². The first-order valence-corrected chi connectivity index (χ1v) is 10.3. The lowest BCUT2D eigenvalue weighted by atomic mass is 9.76. The van der Waals surface area contributed by atoms with Gasteiger partial charge >= 0.3 is 0 Å².